The van der Waals surface area contributed by atoms with Gasteiger partial charge in [-0.25, -0.2) is 0 Å². The molecule has 1 atom stereocenters. The van der Waals surface area contributed by atoms with Crippen LogP contribution in [0.2, 0.25) is 0 Å². The van der Waals surface area contributed by atoms with E-state index in [1.54, 1.807) is 0 Å². The molecule has 1 heterocycles. The van der Waals surface area contributed by atoms with Gasteiger partial charge in [-0.15, -0.1) is 0 Å². The fourth-order valence-electron chi connectivity index (χ4n) is 1.61. The van der Waals surface area contributed by atoms with Gasteiger partial charge in [0.05, 0.1) is 0 Å². The zero-order valence-corrected chi connectivity index (χ0v) is 11.1. The summed E-state index contributed by atoms with van der Waals surface area (Å²) in [5.41, 5.74) is 0.00682. The normalized spacial score (nSPS) is 14.2. The highest BCUT2D eigenvalue weighted by atomic mass is 32.1. The summed E-state index contributed by atoms with van der Waals surface area (Å²) >= 11 is 5.25. The summed E-state index contributed by atoms with van der Waals surface area (Å²) in [5.74, 6) is 1.72. The van der Waals surface area contributed by atoms with Crippen LogP contribution in [0.25, 0.3) is 0 Å². The molecular weight excluding hydrogens is 206 g/mol. The lowest BCUT2D eigenvalue weighted by Gasteiger charge is -2.23. The van der Waals surface area contributed by atoms with E-state index in [2.05, 4.69) is 49.4 Å². The number of nitrogens with one attached hydrogen (secondary N) is 1. The van der Waals surface area contributed by atoms with Gasteiger partial charge in [-0.3, -0.25) is 9.67 Å². The van der Waals surface area contributed by atoms with Crippen LogP contribution < -0.4 is 0 Å². The Morgan fingerprint density at radius 1 is 1.47 bits per heavy atom. The Labute approximate surface area is 96.9 Å². The van der Waals surface area contributed by atoms with Gasteiger partial charge in [-0.05, 0) is 38.9 Å². The molecule has 0 bridgehead atoms. The third kappa shape index (κ3) is 2.91. The maximum Gasteiger partial charge on any atom is 0.195 e. The van der Waals surface area contributed by atoms with Gasteiger partial charge in [-0.1, -0.05) is 20.3 Å². The Morgan fingerprint density at radius 3 is 2.53 bits per heavy atom. The maximum atomic E-state index is 5.25. The molecule has 0 aliphatic rings. The van der Waals surface area contributed by atoms with E-state index in [0.29, 0.717) is 5.92 Å². The molecule has 0 saturated heterocycles. The summed E-state index contributed by atoms with van der Waals surface area (Å²) in [5, 5.41) is 7.20. The van der Waals surface area contributed by atoms with Crippen molar-refractivity contribution >= 4 is 12.2 Å². The highest BCUT2D eigenvalue weighted by Crippen LogP contribution is 2.19. The number of hydrogen-bond donors (Lipinski definition) is 1. The molecule has 0 amide bonds. The summed E-state index contributed by atoms with van der Waals surface area (Å²) in [7, 11) is 0. The van der Waals surface area contributed by atoms with Gasteiger partial charge in [0, 0.05) is 12.0 Å². The summed E-state index contributed by atoms with van der Waals surface area (Å²) in [6.45, 7) is 10.9. The highest BCUT2D eigenvalue weighted by molar-refractivity contribution is 7.71. The van der Waals surface area contributed by atoms with E-state index < -0.39 is 0 Å². The number of rotatable bonds is 3. The molecule has 0 aliphatic heterocycles. The second kappa shape index (κ2) is 4.47. The third-order valence-corrected chi connectivity index (χ3v) is 2.91. The van der Waals surface area contributed by atoms with Gasteiger partial charge >= 0.3 is 0 Å². The van der Waals surface area contributed by atoms with Crippen LogP contribution >= 0.6 is 12.2 Å². The number of hydrogen-bond acceptors (Lipinski definition) is 2. The average molecular weight is 227 g/mol. The van der Waals surface area contributed by atoms with Gasteiger partial charge in [0.1, 0.15) is 5.82 Å². The van der Waals surface area contributed by atoms with Gasteiger partial charge in [0.2, 0.25) is 0 Å². The van der Waals surface area contributed by atoms with Crippen molar-refractivity contribution in [3.8, 4) is 0 Å². The molecule has 15 heavy (non-hydrogen) atoms. The third-order valence-electron chi connectivity index (χ3n) is 2.64. The Morgan fingerprint density at radius 2 is 2.07 bits per heavy atom. The second-order valence-corrected chi connectivity index (χ2v) is 5.56. The molecule has 0 aromatic carbocycles. The van der Waals surface area contributed by atoms with Gasteiger partial charge in [-0.2, -0.15) is 5.10 Å². The van der Waals surface area contributed by atoms with E-state index in [1.165, 1.54) is 6.42 Å². The van der Waals surface area contributed by atoms with Crippen molar-refractivity contribution in [3.05, 3.63) is 10.6 Å². The maximum absolute atomic E-state index is 5.25. The van der Waals surface area contributed by atoms with E-state index in [4.69, 9.17) is 12.2 Å². The second-order valence-electron chi connectivity index (χ2n) is 5.17. The first-order valence-electron chi connectivity index (χ1n) is 5.53. The first-order valence-corrected chi connectivity index (χ1v) is 5.93. The van der Waals surface area contributed by atoms with Crippen LogP contribution in [0, 0.1) is 10.7 Å². The minimum Gasteiger partial charge on any atom is -0.299 e. The number of nitrogens with zero attached hydrogens (tertiary/aromatic N) is 2. The Kier molecular flexibility index (Phi) is 3.71. The number of aromatic amines is 1. The molecule has 0 fully saturated rings. The molecule has 86 valence electrons. The molecule has 3 nitrogen and oxygen atoms in total. The zero-order chi connectivity index (χ0) is 11.6. The monoisotopic (exact) mass is 227 g/mol. The molecule has 1 rings (SSSR count). The predicted octanol–water partition coefficient (Wildman–Crippen LogP) is 3.28. The molecule has 1 N–H and O–H groups in total. The molecule has 4 heteroatoms. The van der Waals surface area contributed by atoms with Crippen LogP contribution in [0.3, 0.4) is 0 Å². The lowest BCUT2D eigenvalue weighted by Crippen LogP contribution is -2.25. The van der Waals surface area contributed by atoms with Crippen LogP contribution in [0.1, 0.15) is 46.9 Å². The number of H-pyrrole nitrogens is 1. The van der Waals surface area contributed by atoms with E-state index in [1.807, 2.05) is 0 Å². The molecule has 1 aromatic heterocycles. The molecule has 0 aliphatic carbocycles. The molecule has 0 saturated carbocycles. The minimum absolute atomic E-state index is 0.00682. The fraction of sp³-hybridized carbons (Fsp3) is 0.818. The molecule has 1 unspecified atom stereocenters. The molecule has 1 aromatic rings. The average Bonchev–Trinajstić information content (AvgIpc) is 2.46. The topological polar surface area (TPSA) is 33.6 Å². The molecular formula is C11H21N3S. The van der Waals surface area contributed by atoms with Crippen molar-refractivity contribution in [1.29, 1.82) is 0 Å². The van der Waals surface area contributed by atoms with Gasteiger partial charge in [0.25, 0.3) is 0 Å². The van der Waals surface area contributed by atoms with Crippen LogP contribution in [-0.4, -0.2) is 14.8 Å². The van der Waals surface area contributed by atoms with Crippen LogP contribution in [-0.2, 0) is 12.0 Å². The summed E-state index contributed by atoms with van der Waals surface area (Å²) < 4.78 is 2.84. The first kappa shape index (κ1) is 12.4. The molecule has 0 radical (unpaired) electrons. The zero-order valence-electron chi connectivity index (χ0n) is 10.3. The van der Waals surface area contributed by atoms with Crippen molar-refractivity contribution in [3.63, 3.8) is 0 Å². The quantitative estimate of drug-likeness (QED) is 0.804. The van der Waals surface area contributed by atoms with Crippen LogP contribution in [0.4, 0.5) is 0 Å². The van der Waals surface area contributed by atoms with Gasteiger partial charge in [0.15, 0.2) is 4.77 Å². The lowest BCUT2D eigenvalue weighted by molar-refractivity contribution is 0.368. The van der Waals surface area contributed by atoms with Crippen LogP contribution in [0.5, 0.6) is 0 Å². The van der Waals surface area contributed by atoms with Crippen molar-refractivity contribution in [1.82, 2.24) is 14.8 Å². The van der Waals surface area contributed by atoms with Gasteiger partial charge < -0.3 is 0 Å². The number of aromatic nitrogens is 3. The largest absolute Gasteiger partial charge is 0.299 e. The highest BCUT2D eigenvalue weighted by Gasteiger charge is 2.19. The smallest absolute Gasteiger partial charge is 0.195 e. The Balaban J connectivity index is 3.05. The standard InChI is InChI=1S/C11H21N3S/c1-6-8(2)7-9-12-13-10(15)14(9)11(3,4)5/h8H,6-7H2,1-5H3,(H,13,15). The Hall–Kier alpha value is -0.640. The summed E-state index contributed by atoms with van der Waals surface area (Å²) in [4.78, 5) is 0. The fourth-order valence-corrected chi connectivity index (χ4v) is 2.04. The first-order chi connectivity index (χ1) is 6.86. The van der Waals surface area contributed by atoms with Crippen molar-refractivity contribution < 1.29 is 0 Å². The minimum atomic E-state index is 0.00682. The van der Waals surface area contributed by atoms with Crippen LogP contribution in [0.15, 0.2) is 0 Å². The Bertz CT molecular complexity index is 370. The SMILES string of the molecule is CCC(C)Cc1n[nH]c(=S)n1C(C)(C)C. The van der Waals surface area contributed by atoms with E-state index in [0.717, 1.165) is 17.0 Å². The van der Waals surface area contributed by atoms with E-state index in [9.17, 15) is 0 Å². The molecule has 0 spiro atoms. The lowest BCUT2D eigenvalue weighted by atomic mass is 10.0. The summed E-state index contributed by atoms with van der Waals surface area (Å²) in [6, 6.07) is 0. The van der Waals surface area contributed by atoms with E-state index >= 15 is 0 Å². The van der Waals surface area contributed by atoms with E-state index in [-0.39, 0.29) is 5.54 Å². The van der Waals surface area contributed by atoms with Crippen molar-refractivity contribution in [2.75, 3.05) is 0 Å². The predicted molar refractivity (Wildman–Crippen MR) is 65.6 cm³/mol. The van der Waals surface area contributed by atoms with Crippen molar-refractivity contribution in [2.24, 2.45) is 5.92 Å². The summed E-state index contributed by atoms with van der Waals surface area (Å²) in [6.07, 6.45) is 2.16. The van der Waals surface area contributed by atoms with Crippen molar-refractivity contribution in [2.45, 2.75) is 53.0 Å².